The Morgan fingerprint density at radius 2 is 2.05 bits per heavy atom. The first-order chi connectivity index (χ1) is 9.45. The van der Waals surface area contributed by atoms with E-state index in [-0.39, 0.29) is 11.4 Å². The average Bonchev–Trinajstić information content (AvgIpc) is 2.91. The fourth-order valence-electron chi connectivity index (χ4n) is 1.96. The molecule has 0 spiro atoms. The van der Waals surface area contributed by atoms with Crippen molar-refractivity contribution in [2.75, 3.05) is 12.8 Å². The second kappa shape index (κ2) is 5.68. The number of hydrogen-bond acceptors (Lipinski definition) is 4. The molecule has 20 heavy (non-hydrogen) atoms. The molecule has 1 aromatic carbocycles. The molecule has 0 aliphatic rings. The second-order valence-electron chi connectivity index (χ2n) is 4.61. The van der Waals surface area contributed by atoms with Crippen molar-refractivity contribution < 1.29 is 12.8 Å². The van der Waals surface area contributed by atoms with Crippen molar-refractivity contribution in [3.63, 3.8) is 0 Å². The third-order valence-corrected chi connectivity index (χ3v) is 4.99. The maximum Gasteiger partial charge on any atom is 0.243 e. The van der Waals surface area contributed by atoms with Gasteiger partial charge in [-0.2, -0.15) is 4.31 Å². The summed E-state index contributed by atoms with van der Waals surface area (Å²) in [6.45, 7) is 2.24. The highest BCUT2D eigenvalue weighted by Crippen LogP contribution is 2.22. The summed E-state index contributed by atoms with van der Waals surface area (Å²) in [4.78, 5) is 0.207. The van der Waals surface area contributed by atoms with Crippen LogP contribution in [0.15, 0.2) is 46.1 Å². The van der Waals surface area contributed by atoms with Crippen LogP contribution in [0.3, 0.4) is 0 Å². The van der Waals surface area contributed by atoms with Gasteiger partial charge in [-0.3, -0.25) is 0 Å². The van der Waals surface area contributed by atoms with Gasteiger partial charge in [0.25, 0.3) is 0 Å². The standard InChI is InChI=1S/C14H18N2O3S/c1-3-12-4-5-13(8-14(12)15)20(17,18)16(2)9-11-6-7-19-10-11/h4-8,10H,3,9,15H2,1-2H3. The Morgan fingerprint density at radius 3 is 2.60 bits per heavy atom. The molecular formula is C14H18N2O3S. The molecule has 0 bridgehead atoms. The van der Waals surface area contributed by atoms with Gasteiger partial charge in [-0.1, -0.05) is 13.0 Å². The predicted molar refractivity (Wildman–Crippen MR) is 77.6 cm³/mol. The van der Waals surface area contributed by atoms with E-state index in [1.165, 1.54) is 29.9 Å². The summed E-state index contributed by atoms with van der Waals surface area (Å²) in [5.41, 5.74) is 8.12. The highest BCUT2D eigenvalue weighted by atomic mass is 32.2. The largest absolute Gasteiger partial charge is 0.472 e. The minimum atomic E-state index is -3.55. The van der Waals surface area contributed by atoms with Crippen molar-refractivity contribution in [2.24, 2.45) is 0 Å². The van der Waals surface area contributed by atoms with E-state index < -0.39 is 10.0 Å². The third kappa shape index (κ3) is 2.86. The number of rotatable bonds is 5. The zero-order valence-corrected chi connectivity index (χ0v) is 12.4. The lowest BCUT2D eigenvalue weighted by Gasteiger charge is -2.17. The molecule has 5 nitrogen and oxygen atoms in total. The lowest BCUT2D eigenvalue weighted by molar-refractivity contribution is 0.463. The van der Waals surface area contributed by atoms with Crippen LogP contribution in [0, 0.1) is 0 Å². The van der Waals surface area contributed by atoms with E-state index in [0.29, 0.717) is 5.69 Å². The van der Waals surface area contributed by atoms with Crippen LogP contribution >= 0.6 is 0 Å². The number of nitrogens with zero attached hydrogens (tertiary/aromatic N) is 1. The molecule has 0 unspecified atom stereocenters. The summed E-state index contributed by atoms with van der Waals surface area (Å²) >= 11 is 0. The Bertz CT molecular complexity index is 678. The number of aryl methyl sites for hydroxylation is 1. The zero-order chi connectivity index (χ0) is 14.8. The van der Waals surface area contributed by atoms with Crippen molar-refractivity contribution in [1.29, 1.82) is 0 Å². The SMILES string of the molecule is CCc1ccc(S(=O)(=O)N(C)Cc2ccoc2)cc1N. The number of sulfonamides is 1. The molecule has 0 saturated carbocycles. The Labute approximate surface area is 119 Å². The molecule has 0 aliphatic heterocycles. The maximum absolute atomic E-state index is 12.4. The molecule has 0 atom stereocenters. The van der Waals surface area contributed by atoms with E-state index in [4.69, 9.17) is 10.2 Å². The normalized spacial score (nSPS) is 11.9. The molecule has 2 rings (SSSR count). The van der Waals surface area contributed by atoms with Gasteiger partial charge < -0.3 is 10.2 Å². The van der Waals surface area contributed by atoms with Gasteiger partial charge in [0, 0.05) is 24.8 Å². The number of hydrogen-bond donors (Lipinski definition) is 1. The van der Waals surface area contributed by atoms with Gasteiger partial charge in [0.05, 0.1) is 17.4 Å². The summed E-state index contributed by atoms with van der Waals surface area (Å²) in [6, 6.07) is 6.60. The molecule has 2 aromatic rings. The molecule has 6 heteroatoms. The van der Waals surface area contributed by atoms with Gasteiger partial charge >= 0.3 is 0 Å². The topological polar surface area (TPSA) is 76.5 Å². The minimum Gasteiger partial charge on any atom is -0.472 e. The molecule has 1 aromatic heterocycles. The Hall–Kier alpha value is -1.79. The van der Waals surface area contributed by atoms with Crippen molar-refractivity contribution in [3.05, 3.63) is 47.9 Å². The number of nitrogen functional groups attached to an aromatic ring is 1. The van der Waals surface area contributed by atoms with Crippen LogP contribution in [0.2, 0.25) is 0 Å². The van der Waals surface area contributed by atoms with Crippen molar-refractivity contribution in [1.82, 2.24) is 4.31 Å². The van der Waals surface area contributed by atoms with E-state index >= 15 is 0 Å². The van der Waals surface area contributed by atoms with Crippen LogP contribution in [0.5, 0.6) is 0 Å². The Morgan fingerprint density at radius 1 is 1.30 bits per heavy atom. The molecule has 0 aliphatic carbocycles. The van der Waals surface area contributed by atoms with E-state index in [0.717, 1.165) is 17.5 Å². The van der Waals surface area contributed by atoms with Gasteiger partial charge in [0.2, 0.25) is 10.0 Å². The number of benzene rings is 1. The van der Waals surface area contributed by atoms with Gasteiger partial charge in [-0.05, 0) is 30.2 Å². The molecule has 1 heterocycles. The van der Waals surface area contributed by atoms with E-state index in [1.54, 1.807) is 18.2 Å². The first-order valence-corrected chi connectivity index (χ1v) is 7.75. The second-order valence-corrected chi connectivity index (χ2v) is 6.65. The number of nitrogens with two attached hydrogens (primary N) is 1. The summed E-state index contributed by atoms with van der Waals surface area (Å²) in [6.07, 6.45) is 3.82. The average molecular weight is 294 g/mol. The van der Waals surface area contributed by atoms with Crippen LogP contribution in [0.1, 0.15) is 18.1 Å². The lowest BCUT2D eigenvalue weighted by atomic mass is 10.1. The number of furan rings is 1. The fourth-order valence-corrected chi connectivity index (χ4v) is 3.15. The van der Waals surface area contributed by atoms with Crippen molar-refractivity contribution >= 4 is 15.7 Å². The molecule has 2 N–H and O–H groups in total. The highest BCUT2D eigenvalue weighted by Gasteiger charge is 2.21. The molecular weight excluding hydrogens is 276 g/mol. The summed E-state index contributed by atoms with van der Waals surface area (Å²) < 4.78 is 31.1. The van der Waals surface area contributed by atoms with E-state index in [9.17, 15) is 8.42 Å². The summed E-state index contributed by atoms with van der Waals surface area (Å²) in [5.74, 6) is 0. The summed E-state index contributed by atoms with van der Waals surface area (Å²) in [7, 11) is -2.02. The molecule has 0 radical (unpaired) electrons. The van der Waals surface area contributed by atoms with Crippen LogP contribution in [0.25, 0.3) is 0 Å². The third-order valence-electron chi connectivity index (χ3n) is 3.19. The van der Waals surface area contributed by atoms with Gasteiger partial charge in [0.1, 0.15) is 0 Å². The number of anilines is 1. The van der Waals surface area contributed by atoms with E-state index in [2.05, 4.69) is 0 Å². The smallest absolute Gasteiger partial charge is 0.243 e. The van der Waals surface area contributed by atoms with Crippen molar-refractivity contribution in [3.8, 4) is 0 Å². The highest BCUT2D eigenvalue weighted by molar-refractivity contribution is 7.89. The van der Waals surface area contributed by atoms with Crippen LogP contribution in [-0.4, -0.2) is 19.8 Å². The quantitative estimate of drug-likeness (QED) is 0.858. The van der Waals surface area contributed by atoms with Gasteiger partial charge in [-0.25, -0.2) is 8.42 Å². The maximum atomic E-state index is 12.4. The fraction of sp³-hybridized carbons (Fsp3) is 0.286. The van der Waals surface area contributed by atoms with Crippen LogP contribution < -0.4 is 5.73 Å². The molecule has 0 amide bonds. The monoisotopic (exact) mass is 294 g/mol. The lowest BCUT2D eigenvalue weighted by Crippen LogP contribution is -2.26. The van der Waals surface area contributed by atoms with Gasteiger partial charge in [-0.15, -0.1) is 0 Å². The Balaban J connectivity index is 2.27. The molecule has 0 saturated heterocycles. The predicted octanol–water partition coefficient (Wildman–Crippen LogP) is 2.24. The zero-order valence-electron chi connectivity index (χ0n) is 11.5. The first kappa shape index (κ1) is 14.6. The van der Waals surface area contributed by atoms with Gasteiger partial charge in [0.15, 0.2) is 0 Å². The van der Waals surface area contributed by atoms with E-state index in [1.807, 2.05) is 6.92 Å². The Kier molecular flexibility index (Phi) is 4.15. The molecule has 0 fully saturated rings. The van der Waals surface area contributed by atoms with Crippen LogP contribution in [-0.2, 0) is 23.0 Å². The first-order valence-electron chi connectivity index (χ1n) is 6.31. The minimum absolute atomic E-state index is 0.207. The summed E-state index contributed by atoms with van der Waals surface area (Å²) in [5, 5.41) is 0. The van der Waals surface area contributed by atoms with Crippen LogP contribution in [0.4, 0.5) is 5.69 Å². The van der Waals surface area contributed by atoms with Crippen molar-refractivity contribution in [2.45, 2.75) is 24.8 Å². The molecule has 108 valence electrons.